The van der Waals surface area contributed by atoms with Crippen molar-refractivity contribution in [2.24, 2.45) is 0 Å². The third-order valence-corrected chi connectivity index (χ3v) is 5.35. The van der Waals surface area contributed by atoms with Gasteiger partial charge in [-0.05, 0) is 47.0 Å². The van der Waals surface area contributed by atoms with Gasteiger partial charge in [-0.15, -0.1) is 0 Å². The maximum Gasteiger partial charge on any atom is 0.331 e. The molecule has 0 saturated heterocycles. The van der Waals surface area contributed by atoms with E-state index in [2.05, 4.69) is 0 Å². The molecule has 3 aromatic rings. The molecule has 0 amide bonds. The second-order valence-electron chi connectivity index (χ2n) is 7.15. The summed E-state index contributed by atoms with van der Waals surface area (Å²) in [5.41, 5.74) is 1.89. The quantitative estimate of drug-likeness (QED) is 0.400. The summed E-state index contributed by atoms with van der Waals surface area (Å²) < 4.78 is 22.7. The second-order valence-corrected chi connectivity index (χ2v) is 7.15. The van der Waals surface area contributed by atoms with Gasteiger partial charge in [0, 0.05) is 6.08 Å². The highest BCUT2D eigenvalue weighted by atomic mass is 16.6. The first-order chi connectivity index (χ1) is 15.2. The molecule has 158 valence electrons. The van der Waals surface area contributed by atoms with Crippen molar-refractivity contribution < 1.29 is 23.7 Å². The van der Waals surface area contributed by atoms with Gasteiger partial charge >= 0.3 is 5.97 Å². The molecular weight excluding hydrogens is 392 g/mol. The highest BCUT2D eigenvalue weighted by Gasteiger charge is 2.39. The van der Waals surface area contributed by atoms with Crippen LogP contribution in [0.2, 0.25) is 0 Å². The summed E-state index contributed by atoms with van der Waals surface area (Å²) in [6.07, 6.45) is 2.71. The third kappa shape index (κ3) is 4.18. The van der Waals surface area contributed by atoms with Crippen LogP contribution in [0.1, 0.15) is 16.7 Å². The zero-order chi connectivity index (χ0) is 21.7. The molecule has 0 bridgehead atoms. The van der Waals surface area contributed by atoms with Gasteiger partial charge in [-0.25, -0.2) is 4.79 Å². The lowest BCUT2D eigenvalue weighted by Gasteiger charge is -2.36. The van der Waals surface area contributed by atoms with Crippen LogP contribution in [-0.2, 0) is 19.9 Å². The number of esters is 1. The Morgan fingerprint density at radius 2 is 1.29 bits per heavy atom. The van der Waals surface area contributed by atoms with Gasteiger partial charge < -0.3 is 18.9 Å². The van der Waals surface area contributed by atoms with E-state index in [0.717, 1.165) is 28.2 Å². The van der Waals surface area contributed by atoms with E-state index in [1.54, 1.807) is 20.3 Å². The first kappa shape index (κ1) is 20.7. The third-order valence-electron chi connectivity index (χ3n) is 5.35. The molecule has 0 saturated carbocycles. The molecule has 0 aliphatic carbocycles. The number of carbonyl (C=O) groups excluding carboxylic acids is 1. The van der Waals surface area contributed by atoms with Gasteiger partial charge in [-0.2, -0.15) is 0 Å². The Morgan fingerprint density at radius 1 is 0.774 bits per heavy atom. The molecule has 1 heterocycles. The van der Waals surface area contributed by atoms with E-state index in [9.17, 15) is 4.79 Å². The Balaban J connectivity index is 1.85. The molecule has 4 rings (SSSR count). The molecule has 0 aromatic heterocycles. The topological polar surface area (TPSA) is 54.0 Å². The van der Waals surface area contributed by atoms with Crippen molar-refractivity contribution in [2.45, 2.75) is 11.7 Å². The Bertz CT molecular complexity index is 992. The minimum absolute atomic E-state index is 0.204. The standard InChI is InChI=1S/C26H24O5/c1-28-22-12-8-20(9-13-22)26(19-6-4-3-5-7-19,21-10-14-23(29-2)15-11-21)30-18-24-16-17-25(27)31-24/h3-17,24H,18H2,1-2H3/t24-/m0/s1. The summed E-state index contributed by atoms with van der Waals surface area (Å²) in [6, 6.07) is 25.6. The fraction of sp³-hybridized carbons (Fsp3) is 0.192. The van der Waals surface area contributed by atoms with E-state index in [-0.39, 0.29) is 12.6 Å². The summed E-state index contributed by atoms with van der Waals surface area (Å²) in [4.78, 5) is 11.5. The average Bonchev–Trinajstić information content (AvgIpc) is 3.26. The van der Waals surface area contributed by atoms with Gasteiger partial charge in [-0.1, -0.05) is 54.6 Å². The Kier molecular flexibility index (Phi) is 6.05. The molecule has 3 aromatic carbocycles. The monoisotopic (exact) mass is 416 g/mol. The average molecular weight is 416 g/mol. The summed E-state index contributed by atoms with van der Waals surface area (Å²) in [5.74, 6) is 1.16. The van der Waals surface area contributed by atoms with E-state index < -0.39 is 11.7 Å². The van der Waals surface area contributed by atoms with Crippen molar-refractivity contribution >= 4 is 5.97 Å². The zero-order valence-electron chi connectivity index (χ0n) is 17.5. The van der Waals surface area contributed by atoms with E-state index in [1.165, 1.54) is 6.08 Å². The van der Waals surface area contributed by atoms with Gasteiger partial charge in [0.25, 0.3) is 0 Å². The van der Waals surface area contributed by atoms with Crippen molar-refractivity contribution in [1.29, 1.82) is 0 Å². The molecule has 5 heteroatoms. The number of ether oxygens (including phenoxy) is 4. The van der Waals surface area contributed by atoms with Gasteiger partial charge in [-0.3, -0.25) is 0 Å². The van der Waals surface area contributed by atoms with Gasteiger partial charge in [0.05, 0.1) is 20.8 Å². The zero-order valence-corrected chi connectivity index (χ0v) is 17.5. The van der Waals surface area contributed by atoms with Crippen LogP contribution >= 0.6 is 0 Å². The number of methoxy groups -OCH3 is 2. The van der Waals surface area contributed by atoms with Gasteiger partial charge in [0.15, 0.2) is 0 Å². The van der Waals surface area contributed by atoms with Gasteiger partial charge in [0.2, 0.25) is 0 Å². The number of rotatable bonds is 8. The molecule has 31 heavy (non-hydrogen) atoms. The van der Waals surface area contributed by atoms with Crippen LogP contribution < -0.4 is 9.47 Å². The van der Waals surface area contributed by atoms with Crippen LogP contribution in [0.25, 0.3) is 0 Å². The first-order valence-electron chi connectivity index (χ1n) is 10.0. The SMILES string of the molecule is COc1ccc(C(OC[C@@H]2C=CC(=O)O2)(c2ccccc2)c2ccc(OC)cc2)cc1. The predicted molar refractivity (Wildman–Crippen MR) is 117 cm³/mol. The van der Waals surface area contributed by atoms with Crippen LogP contribution in [0, 0.1) is 0 Å². The minimum atomic E-state index is -0.928. The largest absolute Gasteiger partial charge is 0.497 e. The summed E-state index contributed by atoms with van der Waals surface area (Å²) >= 11 is 0. The first-order valence-corrected chi connectivity index (χ1v) is 10.0. The molecule has 1 aliphatic heterocycles. The van der Waals surface area contributed by atoms with E-state index in [0.29, 0.717) is 0 Å². The van der Waals surface area contributed by atoms with Crippen LogP contribution in [0.3, 0.4) is 0 Å². The molecule has 1 aliphatic rings. The van der Waals surface area contributed by atoms with Crippen molar-refractivity contribution in [3.63, 3.8) is 0 Å². The van der Waals surface area contributed by atoms with Crippen LogP contribution in [0.15, 0.2) is 91.0 Å². The smallest absolute Gasteiger partial charge is 0.331 e. The summed E-state index contributed by atoms with van der Waals surface area (Å²) in [7, 11) is 3.28. The molecule has 0 fully saturated rings. The fourth-order valence-corrected chi connectivity index (χ4v) is 3.78. The van der Waals surface area contributed by atoms with Gasteiger partial charge in [0.1, 0.15) is 23.2 Å². The number of hydrogen-bond acceptors (Lipinski definition) is 5. The highest BCUT2D eigenvalue weighted by Crippen LogP contribution is 2.42. The van der Waals surface area contributed by atoms with E-state index >= 15 is 0 Å². The van der Waals surface area contributed by atoms with Crippen LogP contribution in [-0.4, -0.2) is 32.9 Å². The maximum atomic E-state index is 11.5. The molecule has 0 N–H and O–H groups in total. The normalized spacial score (nSPS) is 15.5. The molecular formula is C26H24O5. The lowest BCUT2D eigenvalue weighted by atomic mass is 9.80. The minimum Gasteiger partial charge on any atom is -0.497 e. The second kappa shape index (κ2) is 9.06. The fourth-order valence-electron chi connectivity index (χ4n) is 3.78. The van der Waals surface area contributed by atoms with Crippen molar-refractivity contribution in [3.05, 3.63) is 108 Å². The maximum absolute atomic E-state index is 11.5. The van der Waals surface area contributed by atoms with Crippen LogP contribution in [0.4, 0.5) is 0 Å². The van der Waals surface area contributed by atoms with Crippen molar-refractivity contribution in [3.8, 4) is 11.5 Å². The number of benzene rings is 3. The molecule has 5 nitrogen and oxygen atoms in total. The van der Waals surface area contributed by atoms with E-state index in [4.69, 9.17) is 18.9 Å². The molecule has 0 radical (unpaired) electrons. The highest BCUT2D eigenvalue weighted by molar-refractivity contribution is 5.84. The Labute approximate surface area is 181 Å². The number of carbonyl (C=O) groups is 1. The van der Waals surface area contributed by atoms with Crippen molar-refractivity contribution in [2.75, 3.05) is 20.8 Å². The Morgan fingerprint density at radius 3 is 1.74 bits per heavy atom. The van der Waals surface area contributed by atoms with Crippen molar-refractivity contribution in [1.82, 2.24) is 0 Å². The lowest BCUT2D eigenvalue weighted by molar-refractivity contribution is -0.142. The van der Waals surface area contributed by atoms with E-state index in [1.807, 2.05) is 78.9 Å². The summed E-state index contributed by atoms with van der Waals surface area (Å²) in [5, 5.41) is 0. The molecule has 0 unspecified atom stereocenters. The molecule has 0 spiro atoms. The van der Waals surface area contributed by atoms with Crippen LogP contribution in [0.5, 0.6) is 11.5 Å². The number of hydrogen-bond donors (Lipinski definition) is 0. The Hall–Kier alpha value is -3.57. The predicted octanol–water partition coefficient (Wildman–Crippen LogP) is 4.49. The summed E-state index contributed by atoms with van der Waals surface area (Å²) in [6.45, 7) is 0.204. The number of cyclic esters (lactones) is 1. The lowest BCUT2D eigenvalue weighted by Crippen LogP contribution is -2.35. The molecule has 1 atom stereocenters.